The van der Waals surface area contributed by atoms with Gasteiger partial charge in [-0.1, -0.05) is 0 Å². The summed E-state index contributed by atoms with van der Waals surface area (Å²) in [6, 6.07) is 0. The van der Waals surface area contributed by atoms with Crippen molar-refractivity contribution in [2.45, 2.75) is 25.3 Å². The van der Waals surface area contributed by atoms with Crippen LogP contribution in [0, 0.1) is 5.41 Å². The van der Waals surface area contributed by atoms with Crippen LogP contribution in [-0.2, 0) is 6.54 Å². The van der Waals surface area contributed by atoms with E-state index in [-0.39, 0.29) is 6.42 Å². The second-order valence-corrected chi connectivity index (χ2v) is 7.59. The van der Waals surface area contributed by atoms with E-state index in [4.69, 9.17) is 0 Å². The van der Waals surface area contributed by atoms with Crippen molar-refractivity contribution in [2.24, 2.45) is 5.41 Å². The molecule has 2 aromatic heterocycles. The summed E-state index contributed by atoms with van der Waals surface area (Å²) in [5.41, 5.74) is -1.01. The molecule has 128 valence electrons. The predicted molar refractivity (Wildman–Crippen MR) is 88.3 cm³/mol. The lowest BCUT2D eigenvalue weighted by atomic mass is 9.75. The van der Waals surface area contributed by atoms with Crippen LogP contribution in [-0.4, -0.2) is 52.0 Å². The highest BCUT2D eigenvalue weighted by molar-refractivity contribution is 7.09. The molecule has 1 atom stereocenters. The maximum Gasteiger partial charge on any atom is 0.257 e. The van der Waals surface area contributed by atoms with Gasteiger partial charge in [-0.15, -0.1) is 11.3 Å². The van der Waals surface area contributed by atoms with Gasteiger partial charge in [0.1, 0.15) is 10.8 Å². The summed E-state index contributed by atoms with van der Waals surface area (Å²) in [4.78, 5) is 16.7. The van der Waals surface area contributed by atoms with Crippen LogP contribution in [0.2, 0.25) is 0 Å². The normalized spacial score (nSPS) is 27.0. The minimum Gasteiger partial charge on any atom is -0.354 e. The highest BCUT2D eigenvalue weighted by Gasteiger charge is 2.59. The van der Waals surface area contributed by atoms with Crippen LogP contribution in [0.5, 0.6) is 0 Å². The maximum absolute atomic E-state index is 14.8. The SMILES string of the molecule is FC1(F)CCN(Cc2nccs2)C[C@@]12CCN(c1cnccn1)C2. The molecule has 2 aromatic rings. The lowest BCUT2D eigenvalue weighted by Crippen LogP contribution is -2.56. The van der Waals surface area contributed by atoms with Crippen LogP contribution in [0.15, 0.2) is 30.2 Å². The predicted octanol–water partition coefficient (Wildman–Crippen LogP) is 2.67. The Morgan fingerprint density at radius 2 is 2.00 bits per heavy atom. The zero-order valence-electron chi connectivity index (χ0n) is 13.2. The number of piperidine rings is 1. The number of aromatic nitrogens is 3. The molecule has 2 fully saturated rings. The molecule has 0 saturated carbocycles. The van der Waals surface area contributed by atoms with E-state index in [1.165, 1.54) is 0 Å². The molecule has 0 aromatic carbocycles. The van der Waals surface area contributed by atoms with Crippen molar-refractivity contribution >= 4 is 17.2 Å². The van der Waals surface area contributed by atoms with Crippen LogP contribution in [0.4, 0.5) is 14.6 Å². The third-order valence-electron chi connectivity index (χ3n) is 5.11. The standard InChI is InChI=1S/C16H19F2N5S/c17-16(18)2-6-22(10-14-21-5-8-24-14)11-15(16)1-7-23(12-15)13-9-19-3-4-20-13/h3-5,8-9H,1-2,6-7,10-12H2/t15-/m1/s1. The van der Waals surface area contributed by atoms with Gasteiger partial charge in [0, 0.05) is 56.6 Å². The van der Waals surface area contributed by atoms with E-state index in [1.54, 1.807) is 36.1 Å². The fraction of sp³-hybridized carbons (Fsp3) is 0.562. The molecule has 24 heavy (non-hydrogen) atoms. The third-order valence-corrected chi connectivity index (χ3v) is 5.88. The number of hydrogen-bond donors (Lipinski definition) is 0. The van der Waals surface area contributed by atoms with E-state index in [0.29, 0.717) is 45.0 Å². The Hall–Kier alpha value is -1.67. The van der Waals surface area contributed by atoms with Gasteiger partial charge in [0.05, 0.1) is 18.2 Å². The van der Waals surface area contributed by atoms with E-state index in [2.05, 4.69) is 19.9 Å². The first kappa shape index (κ1) is 15.8. The van der Waals surface area contributed by atoms with Crippen LogP contribution < -0.4 is 4.90 Å². The fourth-order valence-corrected chi connectivity index (χ4v) is 4.45. The van der Waals surface area contributed by atoms with Gasteiger partial charge in [0.25, 0.3) is 5.92 Å². The van der Waals surface area contributed by atoms with E-state index in [9.17, 15) is 8.78 Å². The summed E-state index contributed by atoms with van der Waals surface area (Å²) in [5.74, 6) is -1.97. The minimum absolute atomic E-state index is 0.0906. The summed E-state index contributed by atoms with van der Waals surface area (Å²) >= 11 is 1.58. The number of thiazole rings is 1. The van der Waals surface area contributed by atoms with Crippen LogP contribution in [0.3, 0.4) is 0 Å². The Labute approximate surface area is 143 Å². The topological polar surface area (TPSA) is 45.2 Å². The van der Waals surface area contributed by atoms with Crippen LogP contribution in [0.25, 0.3) is 0 Å². The van der Waals surface area contributed by atoms with Gasteiger partial charge >= 0.3 is 0 Å². The van der Waals surface area contributed by atoms with Crippen LogP contribution >= 0.6 is 11.3 Å². The van der Waals surface area contributed by atoms with Crippen molar-refractivity contribution in [2.75, 3.05) is 31.1 Å². The van der Waals surface area contributed by atoms with E-state index in [1.807, 2.05) is 10.3 Å². The first-order valence-electron chi connectivity index (χ1n) is 8.08. The van der Waals surface area contributed by atoms with Crippen molar-refractivity contribution in [1.82, 2.24) is 19.9 Å². The van der Waals surface area contributed by atoms with Gasteiger partial charge in [-0.3, -0.25) is 9.88 Å². The number of rotatable bonds is 3. The first-order valence-corrected chi connectivity index (χ1v) is 8.96. The Morgan fingerprint density at radius 3 is 2.75 bits per heavy atom. The zero-order valence-corrected chi connectivity index (χ0v) is 14.1. The molecule has 2 aliphatic rings. The number of alkyl halides is 2. The largest absolute Gasteiger partial charge is 0.354 e. The van der Waals surface area contributed by atoms with Gasteiger partial charge in [0.2, 0.25) is 0 Å². The molecule has 0 radical (unpaired) electrons. The molecular weight excluding hydrogens is 332 g/mol. The maximum atomic E-state index is 14.8. The van der Waals surface area contributed by atoms with Crippen molar-refractivity contribution in [3.8, 4) is 0 Å². The molecule has 0 bridgehead atoms. The monoisotopic (exact) mass is 351 g/mol. The molecule has 0 unspecified atom stereocenters. The number of nitrogens with zero attached hydrogens (tertiary/aromatic N) is 5. The van der Waals surface area contributed by atoms with Gasteiger partial charge < -0.3 is 4.90 Å². The van der Waals surface area contributed by atoms with Gasteiger partial charge in [-0.25, -0.2) is 18.7 Å². The van der Waals surface area contributed by atoms with Crippen molar-refractivity contribution in [1.29, 1.82) is 0 Å². The number of likely N-dealkylation sites (tertiary alicyclic amines) is 1. The smallest absolute Gasteiger partial charge is 0.257 e. The van der Waals surface area contributed by atoms with Crippen LogP contribution in [0.1, 0.15) is 17.8 Å². The Kier molecular flexibility index (Phi) is 3.96. The van der Waals surface area contributed by atoms with E-state index >= 15 is 0 Å². The summed E-state index contributed by atoms with van der Waals surface area (Å²) < 4.78 is 29.6. The Bertz CT molecular complexity index is 681. The molecule has 4 rings (SSSR count). The van der Waals surface area contributed by atoms with E-state index < -0.39 is 11.3 Å². The molecule has 4 heterocycles. The summed E-state index contributed by atoms with van der Waals surface area (Å²) in [5, 5.41) is 2.91. The summed E-state index contributed by atoms with van der Waals surface area (Å²) in [7, 11) is 0. The Balaban J connectivity index is 1.53. The van der Waals surface area contributed by atoms with E-state index in [0.717, 1.165) is 5.01 Å². The van der Waals surface area contributed by atoms with Gasteiger partial charge in [0.15, 0.2) is 0 Å². The molecule has 8 heteroatoms. The number of halogens is 2. The number of anilines is 1. The lowest BCUT2D eigenvalue weighted by molar-refractivity contribution is -0.158. The van der Waals surface area contributed by atoms with Crippen molar-refractivity contribution < 1.29 is 8.78 Å². The van der Waals surface area contributed by atoms with Gasteiger partial charge in [-0.05, 0) is 6.42 Å². The average Bonchev–Trinajstić information content (AvgIpc) is 3.23. The second kappa shape index (κ2) is 6.00. The molecule has 2 aliphatic heterocycles. The fourth-order valence-electron chi connectivity index (χ4n) is 3.79. The molecule has 0 amide bonds. The quantitative estimate of drug-likeness (QED) is 0.851. The molecule has 0 N–H and O–H groups in total. The molecule has 2 saturated heterocycles. The molecular formula is C16H19F2N5S. The molecule has 5 nitrogen and oxygen atoms in total. The zero-order chi connectivity index (χ0) is 16.6. The highest BCUT2D eigenvalue weighted by Crippen LogP contribution is 2.50. The highest BCUT2D eigenvalue weighted by atomic mass is 32.1. The van der Waals surface area contributed by atoms with Crippen molar-refractivity contribution in [3.63, 3.8) is 0 Å². The molecule has 1 spiro atoms. The summed E-state index contributed by atoms with van der Waals surface area (Å²) in [6.07, 6.45) is 7.00. The van der Waals surface area contributed by atoms with Crippen molar-refractivity contribution in [3.05, 3.63) is 35.2 Å². The second-order valence-electron chi connectivity index (χ2n) is 6.61. The average molecular weight is 351 g/mol. The number of hydrogen-bond acceptors (Lipinski definition) is 6. The molecule has 0 aliphatic carbocycles. The lowest BCUT2D eigenvalue weighted by Gasteiger charge is -2.45. The summed E-state index contributed by atoms with van der Waals surface area (Å²) in [6.45, 7) is 2.39. The first-order chi connectivity index (χ1) is 11.6. The van der Waals surface area contributed by atoms with Gasteiger partial charge in [-0.2, -0.15) is 0 Å². The third kappa shape index (κ3) is 2.77. The minimum atomic E-state index is -2.65. The Morgan fingerprint density at radius 1 is 1.08 bits per heavy atom.